The molecule has 88 valence electrons. The van der Waals surface area contributed by atoms with Crippen LogP contribution in [0.15, 0.2) is 0 Å². The molecule has 0 atom stereocenters. The maximum atomic E-state index is 11.7. The van der Waals surface area contributed by atoms with Crippen LogP contribution in [0.3, 0.4) is 0 Å². The lowest BCUT2D eigenvalue weighted by Crippen LogP contribution is -2.41. The predicted molar refractivity (Wildman–Crippen MR) is 61.5 cm³/mol. The van der Waals surface area contributed by atoms with Crippen LogP contribution in [0.25, 0.3) is 0 Å². The van der Waals surface area contributed by atoms with Gasteiger partial charge in [-0.05, 0) is 12.8 Å². The topological polar surface area (TPSA) is 49.4 Å². The summed E-state index contributed by atoms with van der Waals surface area (Å²) in [5.41, 5.74) is 0. The second-order valence-corrected chi connectivity index (χ2v) is 3.96. The molecular weight excluding hydrogens is 204 g/mol. The van der Waals surface area contributed by atoms with E-state index in [0.717, 1.165) is 25.7 Å². The average molecular weight is 222 g/mol. The van der Waals surface area contributed by atoms with E-state index in [2.05, 4.69) is 11.2 Å². The Kier molecular flexibility index (Phi) is 5.41. The van der Waals surface area contributed by atoms with Crippen molar-refractivity contribution in [3.8, 4) is 12.3 Å². The fraction of sp³-hybridized carbons (Fsp3) is 0.667. The van der Waals surface area contributed by atoms with Crippen molar-refractivity contribution in [1.82, 2.24) is 10.2 Å². The normalized spacial score (nSPS) is 17.2. The van der Waals surface area contributed by atoms with Crippen LogP contribution in [0.2, 0.25) is 0 Å². The lowest BCUT2D eigenvalue weighted by Gasteiger charge is -2.24. The van der Waals surface area contributed by atoms with Crippen molar-refractivity contribution in [3.05, 3.63) is 0 Å². The number of hydrogen-bond acceptors (Lipinski definition) is 2. The van der Waals surface area contributed by atoms with Gasteiger partial charge in [0, 0.05) is 13.0 Å². The van der Waals surface area contributed by atoms with Gasteiger partial charge in [0.25, 0.3) is 0 Å². The van der Waals surface area contributed by atoms with Gasteiger partial charge in [-0.2, -0.15) is 0 Å². The van der Waals surface area contributed by atoms with Gasteiger partial charge in [-0.25, -0.2) is 0 Å². The first-order chi connectivity index (χ1) is 7.74. The first-order valence-corrected chi connectivity index (χ1v) is 5.72. The highest BCUT2D eigenvalue weighted by Crippen LogP contribution is 2.11. The van der Waals surface area contributed by atoms with Crippen molar-refractivity contribution in [2.45, 2.75) is 32.1 Å². The summed E-state index contributed by atoms with van der Waals surface area (Å²) >= 11 is 0. The number of nitrogens with zero attached hydrogens (tertiary/aromatic N) is 1. The van der Waals surface area contributed by atoms with Crippen LogP contribution in [0.4, 0.5) is 0 Å². The first-order valence-electron chi connectivity index (χ1n) is 5.72. The minimum Gasteiger partial charge on any atom is -0.344 e. The van der Waals surface area contributed by atoms with Crippen LogP contribution >= 0.6 is 0 Å². The van der Waals surface area contributed by atoms with Gasteiger partial charge >= 0.3 is 0 Å². The predicted octanol–water partition coefficient (Wildman–Crippen LogP) is 0.528. The molecule has 16 heavy (non-hydrogen) atoms. The molecule has 0 bridgehead atoms. The summed E-state index contributed by atoms with van der Waals surface area (Å²) in [5.74, 6) is 2.24. The van der Waals surface area contributed by atoms with Gasteiger partial charge in [-0.15, -0.1) is 6.42 Å². The molecule has 4 heteroatoms. The Morgan fingerprint density at radius 3 is 2.88 bits per heavy atom. The number of carbonyl (C=O) groups excluding carboxylic acids is 2. The lowest BCUT2D eigenvalue weighted by molar-refractivity contribution is -0.136. The monoisotopic (exact) mass is 222 g/mol. The Hall–Kier alpha value is -1.50. The van der Waals surface area contributed by atoms with E-state index >= 15 is 0 Å². The molecule has 1 N–H and O–H groups in total. The SMILES string of the molecule is C#CCNC(=O)CN1CCCCCCC1=O. The van der Waals surface area contributed by atoms with Gasteiger partial charge in [0.2, 0.25) is 11.8 Å². The van der Waals surface area contributed by atoms with E-state index in [0.29, 0.717) is 13.0 Å². The number of carbonyl (C=O) groups is 2. The van der Waals surface area contributed by atoms with Crippen molar-refractivity contribution in [2.24, 2.45) is 0 Å². The number of rotatable bonds is 3. The zero-order valence-electron chi connectivity index (χ0n) is 9.50. The van der Waals surface area contributed by atoms with Crippen molar-refractivity contribution in [3.63, 3.8) is 0 Å². The van der Waals surface area contributed by atoms with Crippen molar-refractivity contribution >= 4 is 11.8 Å². The Bertz CT molecular complexity index is 294. The highest BCUT2D eigenvalue weighted by atomic mass is 16.2. The number of nitrogens with one attached hydrogen (secondary N) is 1. The molecule has 0 spiro atoms. The molecule has 1 fully saturated rings. The van der Waals surface area contributed by atoms with Gasteiger partial charge in [0.1, 0.15) is 0 Å². The molecule has 0 radical (unpaired) electrons. The Labute approximate surface area is 96.4 Å². The van der Waals surface area contributed by atoms with Gasteiger partial charge in [-0.3, -0.25) is 9.59 Å². The van der Waals surface area contributed by atoms with Gasteiger partial charge in [-0.1, -0.05) is 18.8 Å². The Morgan fingerprint density at radius 2 is 2.12 bits per heavy atom. The minimum absolute atomic E-state index is 0.0792. The molecule has 0 aromatic rings. The van der Waals surface area contributed by atoms with Crippen molar-refractivity contribution in [2.75, 3.05) is 19.6 Å². The number of amides is 2. The van der Waals surface area contributed by atoms with Gasteiger partial charge in [0.05, 0.1) is 13.1 Å². The van der Waals surface area contributed by atoms with Crippen LogP contribution in [-0.4, -0.2) is 36.3 Å². The van der Waals surface area contributed by atoms with E-state index in [1.165, 1.54) is 0 Å². The van der Waals surface area contributed by atoms with Crippen LogP contribution in [0, 0.1) is 12.3 Å². The third-order valence-electron chi connectivity index (χ3n) is 2.64. The van der Waals surface area contributed by atoms with Crippen molar-refractivity contribution < 1.29 is 9.59 Å². The highest BCUT2D eigenvalue weighted by Gasteiger charge is 2.17. The number of likely N-dealkylation sites (tertiary alicyclic amines) is 1. The molecule has 4 nitrogen and oxygen atoms in total. The molecule has 1 aliphatic heterocycles. The molecule has 1 heterocycles. The molecule has 0 aliphatic carbocycles. The summed E-state index contributed by atoms with van der Waals surface area (Å²) in [6.07, 6.45) is 9.76. The van der Waals surface area contributed by atoms with E-state index in [1.54, 1.807) is 4.90 Å². The molecule has 0 unspecified atom stereocenters. The van der Waals surface area contributed by atoms with Crippen LogP contribution < -0.4 is 5.32 Å². The van der Waals surface area contributed by atoms with Crippen LogP contribution in [0.1, 0.15) is 32.1 Å². The zero-order chi connectivity index (χ0) is 11.8. The minimum atomic E-state index is -0.174. The molecule has 1 rings (SSSR count). The van der Waals surface area contributed by atoms with Crippen molar-refractivity contribution in [1.29, 1.82) is 0 Å². The van der Waals surface area contributed by atoms with Gasteiger partial charge < -0.3 is 10.2 Å². The summed E-state index contributed by atoms with van der Waals surface area (Å²) in [4.78, 5) is 24.7. The number of terminal acetylenes is 1. The maximum absolute atomic E-state index is 11.7. The molecule has 1 aliphatic rings. The molecule has 0 aromatic heterocycles. The van der Waals surface area contributed by atoms with E-state index in [-0.39, 0.29) is 24.9 Å². The highest BCUT2D eigenvalue weighted by molar-refractivity contribution is 5.84. The second kappa shape index (κ2) is 6.89. The third-order valence-corrected chi connectivity index (χ3v) is 2.64. The fourth-order valence-electron chi connectivity index (χ4n) is 1.76. The van der Waals surface area contributed by atoms with Crippen LogP contribution in [0.5, 0.6) is 0 Å². The molecule has 0 aromatic carbocycles. The Morgan fingerprint density at radius 1 is 1.38 bits per heavy atom. The molecule has 1 saturated heterocycles. The average Bonchev–Trinajstić information content (AvgIpc) is 2.26. The first kappa shape index (κ1) is 12.6. The third kappa shape index (κ3) is 4.35. The summed E-state index contributed by atoms with van der Waals surface area (Å²) < 4.78 is 0. The maximum Gasteiger partial charge on any atom is 0.240 e. The quantitative estimate of drug-likeness (QED) is 0.708. The standard InChI is InChI=1S/C12H18N2O2/c1-2-8-13-11(15)10-14-9-6-4-3-5-7-12(14)16/h1H,3-10H2,(H,13,15). The summed E-state index contributed by atoms with van der Waals surface area (Å²) in [6, 6.07) is 0. The summed E-state index contributed by atoms with van der Waals surface area (Å²) in [5, 5.41) is 2.57. The van der Waals surface area contributed by atoms with Gasteiger partial charge in [0.15, 0.2) is 0 Å². The number of hydrogen-bond donors (Lipinski definition) is 1. The smallest absolute Gasteiger partial charge is 0.240 e. The van der Waals surface area contributed by atoms with E-state index in [9.17, 15) is 9.59 Å². The molecule has 2 amide bonds. The molecule has 0 saturated carbocycles. The van der Waals surface area contributed by atoms with E-state index < -0.39 is 0 Å². The summed E-state index contributed by atoms with van der Waals surface area (Å²) in [6.45, 7) is 1.05. The molecular formula is C12H18N2O2. The Balaban J connectivity index is 2.40. The summed E-state index contributed by atoms with van der Waals surface area (Å²) in [7, 11) is 0. The lowest BCUT2D eigenvalue weighted by atomic mass is 10.1. The zero-order valence-corrected chi connectivity index (χ0v) is 9.50. The second-order valence-electron chi connectivity index (χ2n) is 3.96. The largest absolute Gasteiger partial charge is 0.344 e. The van der Waals surface area contributed by atoms with Crippen LogP contribution in [-0.2, 0) is 9.59 Å². The fourth-order valence-corrected chi connectivity index (χ4v) is 1.76. The van der Waals surface area contributed by atoms with E-state index in [1.807, 2.05) is 0 Å². The van der Waals surface area contributed by atoms with E-state index in [4.69, 9.17) is 6.42 Å².